The summed E-state index contributed by atoms with van der Waals surface area (Å²) in [6.07, 6.45) is 0.428. The fourth-order valence-electron chi connectivity index (χ4n) is 2.22. The number of nitrogens with one attached hydrogen (secondary N) is 1. The van der Waals surface area contributed by atoms with Crippen LogP contribution in [0.4, 0.5) is 0 Å². The van der Waals surface area contributed by atoms with Gasteiger partial charge in [0.2, 0.25) is 5.91 Å². The summed E-state index contributed by atoms with van der Waals surface area (Å²) in [6, 6.07) is 6.12. The third-order valence-electron chi connectivity index (χ3n) is 3.37. The third-order valence-corrected chi connectivity index (χ3v) is 6.31. The molecule has 22 heavy (non-hydrogen) atoms. The Hall–Kier alpha value is -1.54. The van der Waals surface area contributed by atoms with Crippen LogP contribution < -0.4 is 5.32 Å². The van der Waals surface area contributed by atoms with E-state index in [0.717, 1.165) is 11.8 Å². The monoisotopic (exact) mass is 343 g/mol. The van der Waals surface area contributed by atoms with E-state index in [1.807, 2.05) is 0 Å². The molecule has 0 spiro atoms. The first-order valence-electron chi connectivity index (χ1n) is 6.78. The predicted octanol–water partition coefficient (Wildman–Crippen LogP) is 1.17. The van der Waals surface area contributed by atoms with E-state index < -0.39 is 21.1 Å². The van der Waals surface area contributed by atoms with Gasteiger partial charge in [0.25, 0.3) is 0 Å². The van der Waals surface area contributed by atoms with Crippen molar-refractivity contribution in [1.29, 1.82) is 0 Å². The Morgan fingerprint density at radius 1 is 1.36 bits per heavy atom. The molecule has 1 aliphatic heterocycles. The molecule has 1 aromatic rings. The van der Waals surface area contributed by atoms with Crippen molar-refractivity contribution in [1.82, 2.24) is 5.32 Å². The Morgan fingerprint density at radius 3 is 2.64 bits per heavy atom. The fourth-order valence-corrected chi connectivity index (χ4v) is 4.89. The summed E-state index contributed by atoms with van der Waals surface area (Å²) in [4.78, 5) is 23.8. The molecule has 1 aliphatic rings. The lowest BCUT2D eigenvalue weighted by atomic mass is 10.2. The highest BCUT2D eigenvalue weighted by Crippen LogP contribution is 2.27. The molecular formula is C14H17NO5S2. The Bertz CT molecular complexity index is 686. The van der Waals surface area contributed by atoms with Gasteiger partial charge >= 0.3 is 5.97 Å². The minimum atomic E-state index is -3.04. The number of carbonyl (C=O) groups is 2. The predicted molar refractivity (Wildman–Crippen MR) is 83.9 cm³/mol. The van der Waals surface area contributed by atoms with E-state index in [4.69, 9.17) is 5.11 Å². The minimum Gasteiger partial charge on any atom is -0.478 e. The van der Waals surface area contributed by atoms with Gasteiger partial charge in [-0.3, -0.25) is 4.79 Å². The van der Waals surface area contributed by atoms with Crippen molar-refractivity contribution in [2.45, 2.75) is 29.5 Å². The Balaban J connectivity index is 1.99. The number of carbonyl (C=O) groups excluding carboxylic acids is 1. The highest BCUT2D eigenvalue weighted by Gasteiger charge is 2.30. The van der Waals surface area contributed by atoms with Crippen molar-refractivity contribution < 1.29 is 23.1 Å². The molecule has 1 saturated heterocycles. The van der Waals surface area contributed by atoms with E-state index in [9.17, 15) is 18.0 Å². The number of thioether (sulfide) groups is 1. The van der Waals surface area contributed by atoms with Gasteiger partial charge in [-0.15, -0.1) is 11.8 Å². The number of hydrogen-bond acceptors (Lipinski definition) is 5. The highest BCUT2D eigenvalue weighted by atomic mass is 32.2. The topological polar surface area (TPSA) is 101 Å². The summed E-state index contributed by atoms with van der Waals surface area (Å²) in [7, 11) is -3.04. The molecule has 0 bridgehead atoms. The van der Waals surface area contributed by atoms with Crippen LogP contribution in [0.25, 0.3) is 0 Å². The normalized spacial score (nSPS) is 21.2. The number of hydrogen-bond donors (Lipinski definition) is 2. The molecule has 0 aromatic heterocycles. The Kier molecular flexibility index (Phi) is 5.12. The van der Waals surface area contributed by atoms with Crippen molar-refractivity contribution in [3.63, 3.8) is 0 Å². The second-order valence-electron chi connectivity index (χ2n) is 5.17. The molecule has 2 atom stereocenters. The van der Waals surface area contributed by atoms with E-state index in [1.165, 1.54) is 6.07 Å². The summed E-state index contributed by atoms with van der Waals surface area (Å²) < 4.78 is 22.8. The summed E-state index contributed by atoms with van der Waals surface area (Å²) in [5.74, 6) is -1.26. The van der Waals surface area contributed by atoms with Gasteiger partial charge in [0, 0.05) is 10.9 Å². The highest BCUT2D eigenvalue weighted by molar-refractivity contribution is 8.00. The van der Waals surface area contributed by atoms with Crippen LogP contribution in [0.3, 0.4) is 0 Å². The number of amides is 1. The number of carboxylic acid groups (broad SMARTS) is 1. The van der Waals surface area contributed by atoms with Gasteiger partial charge in [-0.2, -0.15) is 0 Å². The Labute approximate surface area is 133 Å². The molecule has 1 aromatic carbocycles. The molecule has 120 valence electrons. The number of rotatable bonds is 5. The van der Waals surface area contributed by atoms with Gasteiger partial charge in [-0.05, 0) is 25.5 Å². The summed E-state index contributed by atoms with van der Waals surface area (Å²) in [5.41, 5.74) is 0.149. The molecule has 0 radical (unpaired) electrons. The largest absolute Gasteiger partial charge is 0.478 e. The zero-order valence-electron chi connectivity index (χ0n) is 12.0. The molecule has 0 unspecified atom stereocenters. The van der Waals surface area contributed by atoms with Gasteiger partial charge in [0.15, 0.2) is 9.84 Å². The van der Waals surface area contributed by atoms with Crippen LogP contribution in [-0.2, 0) is 14.6 Å². The second kappa shape index (κ2) is 6.70. The van der Waals surface area contributed by atoms with Crippen LogP contribution in [0.1, 0.15) is 23.7 Å². The van der Waals surface area contributed by atoms with Crippen molar-refractivity contribution in [2.24, 2.45) is 0 Å². The van der Waals surface area contributed by atoms with E-state index in [1.54, 1.807) is 25.1 Å². The molecule has 2 rings (SSSR count). The maximum atomic E-state index is 12.1. The van der Waals surface area contributed by atoms with Crippen LogP contribution >= 0.6 is 11.8 Å². The first-order chi connectivity index (χ1) is 10.3. The molecule has 1 fully saturated rings. The van der Waals surface area contributed by atoms with Gasteiger partial charge in [-0.25, -0.2) is 13.2 Å². The zero-order valence-corrected chi connectivity index (χ0v) is 13.6. The molecule has 0 aliphatic carbocycles. The summed E-state index contributed by atoms with van der Waals surface area (Å²) in [5, 5.41) is 11.3. The molecule has 8 heteroatoms. The number of carboxylic acids is 1. The van der Waals surface area contributed by atoms with E-state index in [0.29, 0.717) is 11.3 Å². The van der Waals surface area contributed by atoms with Gasteiger partial charge < -0.3 is 10.4 Å². The first-order valence-corrected chi connectivity index (χ1v) is 9.48. The number of benzene rings is 1. The molecular weight excluding hydrogens is 326 g/mol. The number of aromatic carboxylic acids is 1. The zero-order chi connectivity index (χ0) is 16.3. The van der Waals surface area contributed by atoms with Gasteiger partial charge in [0.1, 0.15) is 0 Å². The lowest BCUT2D eigenvalue weighted by Crippen LogP contribution is -2.39. The third kappa shape index (κ3) is 4.23. The second-order valence-corrected chi connectivity index (χ2v) is 8.78. The lowest BCUT2D eigenvalue weighted by Gasteiger charge is -2.16. The van der Waals surface area contributed by atoms with Crippen LogP contribution in [0.2, 0.25) is 0 Å². The number of sulfone groups is 1. The molecule has 0 saturated carbocycles. The Morgan fingerprint density at radius 2 is 2.05 bits per heavy atom. The van der Waals surface area contributed by atoms with Crippen molar-refractivity contribution in [3.8, 4) is 0 Å². The standard InChI is InChI=1S/C14H17NO5S2/c1-9(13(16)15-10-6-7-22(19,20)8-10)21-12-5-3-2-4-11(12)14(17)18/h2-5,9-10H,6-8H2,1H3,(H,15,16)(H,17,18)/t9-,10-/m1/s1. The SMILES string of the molecule is C[C@@H](Sc1ccccc1C(=O)O)C(=O)N[C@@H]1CCS(=O)(=O)C1. The minimum absolute atomic E-state index is 0.0260. The van der Waals surface area contributed by atoms with Gasteiger partial charge in [-0.1, -0.05) is 12.1 Å². The summed E-state index contributed by atoms with van der Waals surface area (Å²) in [6.45, 7) is 1.67. The van der Waals surface area contributed by atoms with Crippen LogP contribution in [0.15, 0.2) is 29.2 Å². The van der Waals surface area contributed by atoms with Crippen molar-refractivity contribution >= 4 is 33.5 Å². The molecule has 1 heterocycles. The van der Waals surface area contributed by atoms with Crippen LogP contribution in [0, 0.1) is 0 Å². The van der Waals surface area contributed by atoms with E-state index >= 15 is 0 Å². The van der Waals surface area contributed by atoms with Crippen LogP contribution in [0.5, 0.6) is 0 Å². The van der Waals surface area contributed by atoms with Crippen LogP contribution in [-0.4, -0.2) is 48.2 Å². The van der Waals surface area contributed by atoms with E-state index in [2.05, 4.69) is 5.32 Å². The van der Waals surface area contributed by atoms with Crippen molar-refractivity contribution in [2.75, 3.05) is 11.5 Å². The van der Waals surface area contributed by atoms with Crippen molar-refractivity contribution in [3.05, 3.63) is 29.8 Å². The van der Waals surface area contributed by atoms with E-state index in [-0.39, 0.29) is 29.0 Å². The lowest BCUT2D eigenvalue weighted by molar-refractivity contribution is -0.120. The molecule has 6 nitrogen and oxygen atoms in total. The smallest absolute Gasteiger partial charge is 0.336 e. The average molecular weight is 343 g/mol. The molecule has 2 N–H and O–H groups in total. The maximum Gasteiger partial charge on any atom is 0.336 e. The first kappa shape index (κ1) is 16.8. The summed E-state index contributed by atoms with van der Waals surface area (Å²) >= 11 is 1.15. The fraction of sp³-hybridized carbons (Fsp3) is 0.429. The van der Waals surface area contributed by atoms with Gasteiger partial charge in [0.05, 0.1) is 22.3 Å². The average Bonchev–Trinajstić information content (AvgIpc) is 2.78. The molecule has 1 amide bonds. The maximum absolute atomic E-state index is 12.1. The quantitative estimate of drug-likeness (QED) is 0.779.